The molecule has 0 aliphatic rings. The summed E-state index contributed by atoms with van der Waals surface area (Å²) in [5, 5.41) is 0. The predicted molar refractivity (Wildman–Crippen MR) is 103 cm³/mol. The van der Waals surface area contributed by atoms with Crippen LogP contribution >= 0.6 is 0 Å². The highest BCUT2D eigenvalue weighted by molar-refractivity contribution is 5.65. The molecule has 2 aromatic carbocycles. The lowest BCUT2D eigenvalue weighted by Gasteiger charge is -2.23. The zero-order chi connectivity index (χ0) is 18.9. The SMILES string of the molecule is CCN(CCOC(=O)Oc1ccccc1OC(C)C)c1cccc(C)c1. The molecule has 26 heavy (non-hydrogen) atoms. The van der Waals surface area contributed by atoms with Crippen LogP contribution in [0.3, 0.4) is 0 Å². The van der Waals surface area contributed by atoms with Crippen LogP contribution in [0.15, 0.2) is 48.5 Å². The summed E-state index contributed by atoms with van der Waals surface area (Å²) in [6.07, 6.45) is -0.742. The van der Waals surface area contributed by atoms with Gasteiger partial charge in [-0.3, -0.25) is 0 Å². The summed E-state index contributed by atoms with van der Waals surface area (Å²) in [6, 6.07) is 15.3. The maximum atomic E-state index is 12.0. The van der Waals surface area contributed by atoms with Crippen LogP contribution in [0.25, 0.3) is 0 Å². The van der Waals surface area contributed by atoms with Crippen molar-refractivity contribution >= 4 is 11.8 Å². The van der Waals surface area contributed by atoms with Crippen LogP contribution < -0.4 is 14.4 Å². The van der Waals surface area contributed by atoms with Crippen LogP contribution in [0.4, 0.5) is 10.5 Å². The molecule has 0 unspecified atom stereocenters. The molecule has 0 radical (unpaired) electrons. The molecule has 0 aliphatic heterocycles. The molecule has 5 heteroatoms. The van der Waals surface area contributed by atoms with E-state index in [9.17, 15) is 4.79 Å². The zero-order valence-corrected chi connectivity index (χ0v) is 15.9. The molecule has 0 fully saturated rings. The minimum Gasteiger partial charge on any atom is -0.487 e. The van der Waals surface area contributed by atoms with Crippen LogP contribution in [0, 0.1) is 6.92 Å². The number of aryl methyl sites for hydroxylation is 1. The topological polar surface area (TPSA) is 48.0 Å². The maximum absolute atomic E-state index is 12.0. The number of benzene rings is 2. The maximum Gasteiger partial charge on any atom is 0.514 e. The van der Waals surface area contributed by atoms with Crippen molar-refractivity contribution in [1.82, 2.24) is 0 Å². The van der Waals surface area contributed by atoms with Crippen molar-refractivity contribution in [2.45, 2.75) is 33.8 Å². The molecular weight excluding hydrogens is 330 g/mol. The lowest BCUT2D eigenvalue weighted by Crippen LogP contribution is -2.28. The summed E-state index contributed by atoms with van der Waals surface area (Å²) in [5.41, 5.74) is 2.31. The smallest absolute Gasteiger partial charge is 0.487 e. The van der Waals surface area contributed by atoms with Gasteiger partial charge in [-0.05, 0) is 57.5 Å². The molecule has 0 bridgehead atoms. The number of carbonyl (C=O) groups excluding carboxylic acids is 1. The molecule has 0 heterocycles. The average molecular weight is 357 g/mol. The van der Waals surface area contributed by atoms with E-state index >= 15 is 0 Å². The summed E-state index contributed by atoms with van der Waals surface area (Å²) in [4.78, 5) is 14.1. The number of carbonyl (C=O) groups is 1. The number of para-hydroxylation sites is 2. The Morgan fingerprint density at radius 3 is 2.46 bits per heavy atom. The summed E-state index contributed by atoms with van der Waals surface area (Å²) >= 11 is 0. The van der Waals surface area contributed by atoms with Crippen molar-refractivity contribution in [3.8, 4) is 11.5 Å². The molecule has 0 aliphatic carbocycles. The molecule has 2 aromatic rings. The number of nitrogens with zero attached hydrogens (tertiary/aromatic N) is 1. The Bertz CT molecular complexity index is 715. The third-order valence-corrected chi connectivity index (χ3v) is 3.73. The highest BCUT2D eigenvalue weighted by Crippen LogP contribution is 2.27. The van der Waals surface area contributed by atoms with Crippen molar-refractivity contribution in [2.24, 2.45) is 0 Å². The fourth-order valence-corrected chi connectivity index (χ4v) is 2.54. The standard InChI is InChI=1S/C21H27NO4/c1-5-22(18-10-8-9-17(4)15-18)13-14-24-21(23)26-20-12-7-6-11-19(20)25-16(2)3/h6-12,15-16H,5,13-14H2,1-4H3. The largest absolute Gasteiger partial charge is 0.514 e. The Balaban J connectivity index is 1.87. The first kappa shape index (κ1) is 19.6. The number of likely N-dealkylation sites (N-methyl/N-ethyl adjacent to an activating group) is 1. The summed E-state index contributed by atoms with van der Waals surface area (Å²) in [6.45, 7) is 9.63. The Labute approximate surface area is 155 Å². The molecule has 2 rings (SSSR count). The molecule has 0 aromatic heterocycles. The second-order valence-electron chi connectivity index (χ2n) is 6.23. The van der Waals surface area contributed by atoms with Gasteiger partial charge < -0.3 is 19.1 Å². The van der Waals surface area contributed by atoms with E-state index in [2.05, 4.69) is 30.9 Å². The fraction of sp³-hybridized carbons (Fsp3) is 0.381. The van der Waals surface area contributed by atoms with E-state index in [-0.39, 0.29) is 12.7 Å². The number of anilines is 1. The minimum atomic E-state index is -0.731. The first-order chi connectivity index (χ1) is 12.5. The van der Waals surface area contributed by atoms with Crippen LogP contribution in [-0.4, -0.2) is 32.0 Å². The fourth-order valence-electron chi connectivity index (χ4n) is 2.54. The molecule has 0 atom stereocenters. The quantitative estimate of drug-likeness (QED) is 0.500. The Morgan fingerprint density at radius 1 is 1.08 bits per heavy atom. The van der Waals surface area contributed by atoms with Gasteiger partial charge in [-0.2, -0.15) is 0 Å². The van der Waals surface area contributed by atoms with Gasteiger partial charge in [-0.1, -0.05) is 24.3 Å². The molecule has 140 valence electrons. The Morgan fingerprint density at radius 2 is 1.81 bits per heavy atom. The molecular formula is C21H27NO4. The Kier molecular flexibility index (Phi) is 7.33. The lowest BCUT2D eigenvalue weighted by molar-refractivity contribution is 0.0989. The van der Waals surface area contributed by atoms with Gasteiger partial charge in [0.15, 0.2) is 11.5 Å². The van der Waals surface area contributed by atoms with Gasteiger partial charge in [0, 0.05) is 12.2 Å². The third-order valence-electron chi connectivity index (χ3n) is 3.73. The Hall–Kier alpha value is -2.69. The van der Waals surface area contributed by atoms with Gasteiger partial charge in [0.05, 0.1) is 12.6 Å². The molecule has 0 N–H and O–H groups in total. The van der Waals surface area contributed by atoms with E-state index in [1.165, 1.54) is 5.56 Å². The number of rotatable bonds is 8. The van der Waals surface area contributed by atoms with E-state index in [0.717, 1.165) is 12.2 Å². The normalized spacial score (nSPS) is 10.5. The number of hydrogen-bond acceptors (Lipinski definition) is 5. The number of ether oxygens (including phenoxy) is 3. The zero-order valence-electron chi connectivity index (χ0n) is 15.9. The monoisotopic (exact) mass is 357 g/mol. The van der Waals surface area contributed by atoms with Gasteiger partial charge in [0.2, 0.25) is 0 Å². The lowest BCUT2D eigenvalue weighted by atomic mass is 10.2. The van der Waals surface area contributed by atoms with Gasteiger partial charge >= 0.3 is 6.16 Å². The highest BCUT2D eigenvalue weighted by Gasteiger charge is 2.13. The van der Waals surface area contributed by atoms with Crippen molar-refractivity contribution < 1.29 is 19.0 Å². The predicted octanol–water partition coefficient (Wildman–Crippen LogP) is 4.82. The minimum absolute atomic E-state index is 0.0109. The van der Waals surface area contributed by atoms with Crippen LogP contribution in [0.5, 0.6) is 11.5 Å². The summed E-state index contributed by atoms with van der Waals surface area (Å²) in [7, 11) is 0. The van der Waals surface area contributed by atoms with E-state index < -0.39 is 6.16 Å². The van der Waals surface area contributed by atoms with Crippen LogP contribution in [-0.2, 0) is 4.74 Å². The molecule has 0 saturated carbocycles. The van der Waals surface area contributed by atoms with Gasteiger partial charge in [0.1, 0.15) is 6.61 Å². The first-order valence-corrected chi connectivity index (χ1v) is 8.91. The van der Waals surface area contributed by atoms with Gasteiger partial charge in [-0.15, -0.1) is 0 Å². The second-order valence-corrected chi connectivity index (χ2v) is 6.23. The average Bonchev–Trinajstić information content (AvgIpc) is 2.60. The van der Waals surface area contributed by atoms with Crippen molar-refractivity contribution in [3.63, 3.8) is 0 Å². The van der Waals surface area contributed by atoms with Gasteiger partial charge in [-0.25, -0.2) is 4.79 Å². The molecule has 0 spiro atoms. The van der Waals surface area contributed by atoms with Crippen molar-refractivity contribution in [3.05, 3.63) is 54.1 Å². The van der Waals surface area contributed by atoms with E-state index in [1.807, 2.05) is 32.0 Å². The third kappa shape index (κ3) is 5.99. The van der Waals surface area contributed by atoms with Crippen molar-refractivity contribution in [2.75, 3.05) is 24.6 Å². The summed E-state index contributed by atoms with van der Waals surface area (Å²) in [5.74, 6) is 0.881. The van der Waals surface area contributed by atoms with E-state index in [4.69, 9.17) is 14.2 Å². The molecule has 5 nitrogen and oxygen atoms in total. The van der Waals surface area contributed by atoms with Crippen molar-refractivity contribution in [1.29, 1.82) is 0 Å². The first-order valence-electron chi connectivity index (χ1n) is 8.91. The highest BCUT2D eigenvalue weighted by atomic mass is 16.7. The molecule has 0 amide bonds. The van der Waals surface area contributed by atoms with Crippen LogP contribution in [0.1, 0.15) is 26.3 Å². The van der Waals surface area contributed by atoms with E-state index in [1.54, 1.807) is 18.2 Å². The molecule has 0 saturated heterocycles. The van der Waals surface area contributed by atoms with E-state index in [0.29, 0.717) is 18.0 Å². The van der Waals surface area contributed by atoms with Gasteiger partial charge in [0.25, 0.3) is 0 Å². The summed E-state index contributed by atoms with van der Waals surface area (Å²) < 4.78 is 16.1. The van der Waals surface area contributed by atoms with Crippen LogP contribution in [0.2, 0.25) is 0 Å². The second kappa shape index (κ2) is 9.70. The number of hydrogen-bond donors (Lipinski definition) is 0.